The predicted molar refractivity (Wildman–Crippen MR) is 106 cm³/mol. The summed E-state index contributed by atoms with van der Waals surface area (Å²) in [5, 5.41) is 0. The Morgan fingerprint density at radius 2 is 1.67 bits per heavy atom. The van der Waals surface area contributed by atoms with Crippen LogP contribution in [0.4, 0.5) is 0 Å². The number of ether oxygens (including phenoxy) is 1. The number of Topliss-reactive ketones (excluding diaryl/α,β-unsaturated/α-hetero) is 1. The summed E-state index contributed by atoms with van der Waals surface area (Å²) in [6, 6.07) is 0. The predicted octanol–water partition coefficient (Wildman–Crippen LogP) is 5.41. The van der Waals surface area contributed by atoms with Gasteiger partial charge in [0.25, 0.3) is 0 Å². The first-order chi connectivity index (χ1) is 12.7. The fourth-order valence-corrected chi connectivity index (χ4v) is 8.45. The maximum absolute atomic E-state index is 12.5. The summed E-state index contributed by atoms with van der Waals surface area (Å²) in [5.41, 5.74) is 0.229. The van der Waals surface area contributed by atoms with Crippen molar-refractivity contribution in [3.05, 3.63) is 0 Å². The molecule has 4 fully saturated rings. The second-order valence-corrected chi connectivity index (χ2v) is 11.0. The number of carbonyl (C=O) groups excluding carboxylic acids is 2. The van der Waals surface area contributed by atoms with Crippen LogP contribution in [-0.4, -0.2) is 17.9 Å². The zero-order valence-corrected chi connectivity index (χ0v) is 17.9. The Kier molecular flexibility index (Phi) is 4.75. The van der Waals surface area contributed by atoms with E-state index in [1.807, 2.05) is 0 Å². The molecule has 0 radical (unpaired) electrons. The lowest BCUT2D eigenvalue weighted by Gasteiger charge is -2.62. The van der Waals surface area contributed by atoms with Gasteiger partial charge in [0.15, 0.2) is 0 Å². The zero-order chi connectivity index (χ0) is 19.6. The summed E-state index contributed by atoms with van der Waals surface area (Å²) in [7, 11) is 0. The number of hydrogen-bond donors (Lipinski definition) is 0. The lowest BCUT2D eigenvalue weighted by molar-refractivity contribution is -0.192. The van der Waals surface area contributed by atoms with E-state index in [-0.39, 0.29) is 23.4 Å². The monoisotopic (exact) mass is 374 g/mol. The molecule has 0 aliphatic heterocycles. The third-order valence-corrected chi connectivity index (χ3v) is 9.80. The Bertz CT molecular complexity index is 627. The van der Waals surface area contributed by atoms with E-state index in [1.165, 1.54) is 39.0 Å². The van der Waals surface area contributed by atoms with Crippen LogP contribution < -0.4 is 0 Å². The van der Waals surface area contributed by atoms with Crippen LogP contribution in [0.25, 0.3) is 0 Å². The number of fused-ring (bicyclic) bond motifs is 5. The van der Waals surface area contributed by atoms with Gasteiger partial charge in [0, 0.05) is 18.3 Å². The van der Waals surface area contributed by atoms with Crippen molar-refractivity contribution in [3.8, 4) is 0 Å². The summed E-state index contributed by atoms with van der Waals surface area (Å²) in [6.45, 7) is 10.5. The normalized spacial score (nSPS) is 51.7. The number of ketones is 1. The first-order valence-electron chi connectivity index (χ1n) is 11.4. The van der Waals surface area contributed by atoms with Gasteiger partial charge in [-0.3, -0.25) is 9.59 Å². The van der Waals surface area contributed by atoms with E-state index in [9.17, 15) is 9.59 Å². The fourth-order valence-electron chi connectivity index (χ4n) is 8.45. The SMILES string of the molecule is CC(=O)OC1CC2C(CC[C@@H]3C[C@H](C)CC[C@]23C)C2CCC(C(C)=O)[C@@]12C. The summed E-state index contributed by atoms with van der Waals surface area (Å²) >= 11 is 0. The van der Waals surface area contributed by atoms with Crippen molar-refractivity contribution in [1.29, 1.82) is 0 Å². The largest absolute Gasteiger partial charge is 0.462 e. The number of rotatable bonds is 2. The molecule has 0 aromatic heterocycles. The molecule has 4 aliphatic rings. The number of carbonyl (C=O) groups is 2. The molecule has 3 heteroatoms. The van der Waals surface area contributed by atoms with Gasteiger partial charge in [0.05, 0.1) is 0 Å². The molecule has 0 aromatic rings. The van der Waals surface area contributed by atoms with Gasteiger partial charge in [-0.05, 0) is 86.9 Å². The van der Waals surface area contributed by atoms with Gasteiger partial charge >= 0.3 is 5.97 Å². The van der Waals surface area contributed by atoms with E-state index in [0.717, 1.165) is 31.1 Å². The molecule has 0 spiro atoms. The Morgan fingerprint density at radius 1 is 0.926 bits per heavy atom. The summed E-state index contributed by atoms with van der Waals surface area (Å²) in [6.07, 6.45) is 9.71. The van der Waals surface area contributed by atoms with Crippen LogP contribution in [0.3, 0.4) is 0 Å². The van der Waals surface area contributed by atoms with Crippen molar-refractivity contribution >= 4 is 11.8 Å². The van der Waals surface area contributed by atoms with Crippen molar-refractivity contribution in [1.82, 2.24) is 0 Å². The average Bonchev–Trinajstić information content (AvgIpc) is 2.95. The zero-order valence-electron chi connectivity index (χ0n) is 17.9. The first kappa shape index (κ1) is 19.5. The van der Waals surface area contributed by atoms with E-state index >= 15 is 0 Å². The summed E-state index contributed by atoms with van der Waals surface area (Å²) in [5.74, 6) is 3.75. The molecule has 4 rings (SSSR count). The Hall–Kier alpha value is -0.860. The van der Waals surface area contributed by atoms with Gasteiger partial charge in [0.1, 0.15) is 11.9 Å². The van der Waals surface area contributed by atoms with E-state index in [2.05, 4.69) is 20.8 Å². The molecular weight excluding hydrogens is 336 g/mol. The van der Waals surface area contributed by atoms with Crippen LogP contribution >= 0.6 is 0 Å². The Labute approximate surface area is 165 Å². The van der Waals surface area contributed by atoms with Crippen LogP contribution in [0, 0.1) is 46.3 Å². The van der Waals surface area contributed by atoms with Crippen LogP contribution in [0.1, 0.15) is 86.0 Å². The molecule has 27 heavy (non-hydrogen) atoms. The van der Waals surface area contributed by atoms with Crippen LogP contribution in [-0.2, 0) is 14.3 Å². The van der Waals surface area contributed by atoms with Crippen LogP contribution in [0.5, 0.6) is 0 Å². The lowest BCUT2D eigenvalue weighted by atomic mass is 9.43. The molecular formula is C24H38O3. The number of hydrogen-bond acceptors (Lipinski definition) is 3. The molecule has 9 atom stereocenters. The van der Waals surface area contributed by atoms with Crippen molar-refractivity contribution in [2.24, 2.45) is 46.3 Å². The standard InChI is InChI=1S/C24H38O3/c1-14-10-11-23(4)17(12-14)6-7-18-20-9-8-19(15(2)25)24(20,5)22(13-21(18)23)27-16(3)26/h14,17-22H,6-13H2,1-5H3/t14-,17-,18?,19?,20?,21?,22?,23+,24-/m1/s1. The third-order valence-electron chi connectivity index (χ3n) is 9.80. The molecule has 0 amide bonds. The van der Waals surface area contributed by atoms with Crippen LogP contribution in [0.15, 0.2) is 0 Å². The lowest BCUT2D eigenvalue weighted by Crippen LogP contribution is -2.59. The topological polar surface area (TPSA) is 43.4 Å². The van der Waals surface area contributed by atoms with Crippen LogP contribution in [0.2, 0.25) is 0 Å². The number of esters is 1. The fraction of sp³-hybridized carbons (Fsp3) is 0.917. The summed E-state index contributed by atoms with van der Waals surface area (Å²) < 4.78 is 5.99. The molecule has 0 N–H and O–H groups in total. The minimum Gasteiger partial charge on any atom is -0.462 e. The highest BCUT2D eigenvalue weighted by atomic mass is 16.5. The first-order valence-corrected chi connectivity index (χ1v) is 11.4. The van der Waals surface area contributed by atoms with Gasteiger partial charge in [0.2, 0.25) is 0 Å². The summed E-state index contributed by atoms with van der Waals surface area (Å²) in [4.78, 5) is 24.5. The van der Waals surface area contributed by atoms with Gasteiger partial charge in [-0.25, -0.2) is 0 Å². The molecule has 0 bridgehead atoms. The molecule has 5 unspecified atom stereocenters. The molecule has 4 aliphatic carbocycles. The van der Waals surface area contributed by atoms with Crippen molar-refractivity contribution in [2.75, 3.05) is 0 Å². The van der Waals surface area contributed by atoms with Crippen molar-refractivity contribution < 1.29 is 14.3 Å². The second kappa shape index (κ2) is 6.59. The average molecular weight is 375 g/mol. The van der Waals surface area contributed by atoms with Gasteiger partial charge < -0.3 is 4.74 Å². The maximum Gasteiger partial charge on any atom is 0.302 e. The van der Waals surface area contributed by atoms with Crippen molar-refractivity contribution in [3.63, 3.8) is 0 Å². The van der Waals surface area contributed by atoms with E-state index in [4.69, 9.17) is 4.74 Å². The highest BCUT2D eigenvalue weighted by molar-refractivity contribution is 5.80. The highest BCUT2D eigenvalue weighted by Crippen LogP contribution is 2.68. The quantitative estimate of drug-likeness (QED) is 0.607. The van der Waals surface area contributed by atoms with E-state index in [1.54, 1.807) is 6.92 Å². The van der Waals surface area contributed by atoms with E-state index < -0.39 is 0 Å². The smallest absolute Gasteiger partial charge is 0.302 e. The Balaban J connectivity index is 1.71. The molecule has 4 saturated carbocycles. The Morgan fingerprint density at radius 3 is 2.33 bits per heavy atom. The van der Waals surface area contributed by atoms with Gasteiger partial charge in [-0.2, -0.15) is 0 Å². The maximum atomic E-state index is 12.5. The second-order valence-electron chi connectivity index (χ2n) is 11.0. The highest BCUT2D eigenvalue weighted by Gasteiger charge is 2.65. The molecule has 152 valence electrons. The minimum absolute atomic E-state index is 0.0599. The van der Waals surface area contributed by atoms with E-state index in [0.29, 0.717) is 29.0 Å². The molecule has 0 heterocycles. The molecule has 0 saturated heterocycles. The molecule has 3 nitrogen and oxygen atoms in total. The van der Waals surface area contributed by atoms with Crippen molar-refractivity contribution in [2.45, 2.75) is 92.1 Å². The van der Waals surface area contributed by atoms with Gasteiger partial charge in [-0.15, -0.1) is 0 Å². The van der Waals surface area contributed by atoms with Gasteiger partial charge in [-0.1, -0.05) is 27.2 Å². The third kappa shape index (κ3) is 2.82. The molecule has 0 aromatic carbocycles. The minimum atomic E-state index is -0.178.